The van der Waals surface area contributed by atoms with Gasteiger partial charge in [-0.3, -0.25) is 9.59 Å². The average Bonchev–Trinajstić information content (AvgIpc) is 3.64. The van der Waals surface area contributed by atoms with Crippen molar-refractivity contribution in [2.45, 2.75) is 62.8 Å². The molecular weight excluding hydrogens is 795 g/mol. The van der Waals surface area contributed by atoms with Gasteiger partial charge in [-0.15, -0.1) is 13.2 Å². The fraction of sp³-hybridized carbons (Fsp3) is 0.269. The summed E-state index contributed by atoms with van der Waals surface area (Å²) in [5, 5.41) is 18.7. The van der Waals surface area contributed by atoms with Gasteiger partial charge in [0.1, 0.15) is 31.6 Å². The molecule has 6 rings (SSSR count). The highest BCUT2D eigenvalue weighted by molar-refractivity contribution is 5.86. The molecule has 4 N–H and O–H groups in total. The summed E-state index contributed by atoms with van der Waals surface area (Å²) in [6.45, 7) is 7.52. The first-order valence-corrected chi connectivity index (χ1v) is 21.3. The maximum atomic E-state index is 13.8. The number of ether oxygens (including phenoxy) is 3. The molecule has 0 spiro atoms. The topological polar surface area (TPSA) is 152 Å². The molecule has 0 unspecified atom stereocenters. The zero-order valence-corrected chi connectivity index (χ0v) is 35.3. The van der Waals surface area contributed by atoms with Crippen LogP contribution in [0, 0.1) is 5.92 Å². The number of nitrogens with one attached hydrogen (secondary N) is 3. The number of esters is 1. The molecule has 5 aromatic carbocycles. The number of hydrogen-bond donors (Lipinski definition) is 4. The number of aliphatic hydroxyl groups excluding tert-OH is 1. The van der Waals surface area contributed by atoms with E-state index in [2.05, 4.69) is 41.2 Å². The lowest BCUT2D eigenvalue weighted by Crippen LogP contribution is -2.44. The molecule has 0 fully saturated rings. The van der Waals surface area contributed by atoms with Gasteiger partial charge in [-0.25, -0.2) is 9.59 Å². The minimum absolute atomic E-state index is 0.0787. The Kier molecular flexibility index (Phi) is 16.8. The Balaban J connectivity index is 1.03. The number of aliphatic hydroxyl groups is 1. The van der Waals surface area contributed by atoms with Crippen molar-refractivity contribution in [3.05, 3.63) is 187 Å². The number of carbonyl (C=O) groups is 4. The molecule has 11 nitrogen and oxygen atoms in total. The van der Waals surface area contributed by atoms with Gasteiger partial charge in [0.2, 0.25) is 11.8 Å². The highest BCUT2D eigenvalue weighted by atomic mass is 16.6. The second-order valence-electron chi connectivity index (χ2n) is 15.5. The van der Waals surface area contributed by atoms with Gasteiger partial charge in [-0.05, 0) is 76.8 Å². The summed E-state index contributed by atoms with van der Waals surface area (Å²) >= 11 is 0. The smallest absolute Gasteiger partial charge is 0.407 e. The lowest BCUT2D eigenvalue weighted by atomic mass is 9.97. The van der Waals surface area contributed by atoms with Crippen molar-refractivity contribution in [3.8, 4) is 16.9 Å². The second kappa shape index (κ2) is 23.3. The van der Waals surface area contributed by atoms with Gasteiger partial charge in [0.15, 0.2) is 0 Å². The number of rotatable bonds is 23. The van der Waals surface area contributed by atoms with Gasteiger partial charge in [0, 0.05) is 12.3 Å². The van der Waals surface area contributed by atoms with Crippen LogP contribution in [-0.2, 0) is 36.9 Å². The van der Waals surface area contributed by atoms with E-state index in [9.17, 15) is 24.3 Å². The first kappa shape index (κ1) is 45.5. The zero-order chi connectivity index (χ0) is 44.4. The molecule has 0 aromatic heterocycles. The highest BCUT2D eigenvalue weighted by Gasteiger charge is 2.31. The molecular formula is C52H55N3O8. The molecule has 63 heavy (non-hydrogen) atoms. The summed E-state index contributed by atoms with van der Waals surface area (Å²) in [6, 6.07) is 40.0. The largest absolute Gasteiger partial charge is 0.489 e. The molecule has 1 aliphatic rings. The molecule has 1 aliphatic carbocycles. The molecule has 0 saturated heterocycles. The summed E-state index contributed by atoms with van der Waals surface area (Å²) in [6.07, 6.45) is 3.48. The highest BCUT2D eigenvalue weighted by Crippen LogP contribution is 2.44. The van der Waals surface area contributed by atoms with E-state index in [1.807, 2.05) is 97.1 Å². The van der Waals surface area contributed by atoms with Gasteiger partial charge in [0.25, 0.3) is 0 Å². The molecule has 0 saturated carbocycles. The third-order valence-corrected chi connectivity index (χ3v) is 11.0. The van der Waals surface area contributed by atoms with E-state index in [4.69, 9.17) is 14.2 Å². The van der Waals surface area contributed by atoms with Crippen LogP contribution in [-0.4, -0.2) is 60.9 Å². The quantitative estimate of drug-likeness (QED) is 0.0380. The van der Waals surface area contributed by atoms with Crippen LogP contribution in [0.5, 0.6) is 5.75 Å². The third kappa shape index (κ3) is 13.0. The lowest BCUT2D eigenvalue weighted by Gasteiger charge is -2.24. The van der Waals surface area contributed by atoms with E-state index in [0.29, 0.717) is 30.8 Å². The molecule has 0 aliphatic heterocycles. The third-order valence-electron chi connectivity index (χ3n) is 11.0. The van der Waals surface area contributed by atoms with Crippen molar-refractivity contribution in [2.75, 3.05) is 19.8 Å². The summed E-state index contributed by atoms with van der Waals surface area (Å²) in [7, 11) is 0. The number of benzene rings is 5. The zero-order valence-electron chi connectivity index (χ0n) is 35.3. The van der Waals surface area contributed by atoms with E-state index in [0.717, 1.165) is 33.4 Å². The maximum Gasteiger partial charge on any atom is 0.407 e. The number of carbonyl (C=O) groups excluding carboxylic acids is 4. The van der Waals surface area contributed by atoms with E-state index >= 15 is 0 Å². The Labute approximate surface area is 369 Å². The normalized spacial score (nSPS) is 13.5. The van der Waals surface area contributed by atoms with Crippen LogP contribution in [0.4, 0.5) is 4.79 Å². The second-order valence-corrected chi connectivity index (χ2v) is 15.5. The van der Waals surface area contributed by atoms with Gasteiger partial charge in [0.05, 0.1) is 24.6 Å². The SMILES string of the molecule is C=CCC[C@H](NC(=O)OCC1c2ccccc2-c2ccccc21)C(=O)OC[C@@H](NC(=O)[C@H](CC=C)CC(=O)N[C@H](CO)Cc1ccc(OCc2ccccc2)cc1)c1ccccc1. The number of fused-ring (bicyclic) bond motifs is 3. The molecule has 5 aromatic rings. The van der Waals surface area contributed by atoms with Crippen LogP contribution in [0.15, 0.2) is 159 Å². The Morgan fingerprint density at radius 3 is 1.97 bits per heavy atom. The van der Waals surface area contributed by atoms with Crippen molar-refractivity contribution in [1.82, 2.24) is 16.0 Å². The molecule has 4 atom stereocenters. The molecule has 0 bridgehead atoms. The van der Waals surface area contributed by atoms with Crippen LogP contribution in [0.25, 0.3) is 11.1 Å². The summed E-state index contributed by atoms with van der Waals surface area (Å²) in [5.74, 6) is -1.81. The van der Waals surface area contributed by atoms with E-state index in [-0.39, 0.29) is 45.0 Å². The van der Waals surface area contributed by atoms with Crippen LogP contribution in [0.1, 0.15) is 65.5 Å². The summed E-state index contributed by atoms with van der Waals surface area (Å²) < 4.78 is 17.4. The van der Waals surface area contributed by atoms with E-state index < -0.39 is 47.9 Å². The monoisotopic (exact) mass is 849 g/mol. The molecule has 0 radical (unpaired) electrons. The Morgan fingerprint density at radius 1 is 0.698 bits per heavy atom. The average molecular weight is 850 g/mol. The molecule has 326 valence electrons. The number of alkyl carbamates (subject to hydrolysis) is 1. The van der Waals surface area contributed by atoms with Crippen LogP contribution in [0.2, 0.25) is 0 Å². The fourth-order valence-electron chi connectivity index (χ4n) is 7.68. The minimum Gasteiger partial charge on any atom is -0.489 e. The number of hydrogen-bond acceptors (Lipinski definition) is 8. The lowest BCUT2D eigenvalue weighted by molar-refractivity contribution is -0.147. The van der Waals surface area contributed by atoms with Crippen LogP contribution in [0.3, 0.4) is 0 Å². The van der Waals surface area contributed by atoms with Crippen molar-refractivity contribution >= 4 is 23.9 Å². The molecule has 0 heterocycles. The van der Waals surface area contributed by atoms with E-state index in [1.54, 1.807) is 36.4 Å². The predicted molar refractivity (Wildman–Crippen MR) is 243 cm³/mol. The number of allylic oxidation sites excluding steroid dienone is 2. The maximum absolute atomic E-state index is 13.8. The number of amides is 3. The standard InChI is InChI=1S/C52H55N3O8/c1-3-5-25-47(55-52(60)63-34-46-44-23-14-12-21-42(44)43-22-13-15-24-45(43)46)51(59)62-35-48(38-19-10-7-11-20-38)54-50(58)39(16-4-2)31-49(57)53-40(32-56)30-36-26-28-41(29-27-36)61-33-37-17-8-6-9-18-37/h3-4,6-15,17-24,26-29,39-40,46-48,56H,1-2,5,16,25,30-35H2,(H,53,57)(H,54,58)(H,55,60)/t39-,40+,47+,48-/m1/s1. The van der Waals surface area contributed by atoms with Gasteiger partial charge in [-0.1, -0.05) is 133 Å². The van der Waals surface area contributed by atoms with Crippen LogP contribution < -0.4 is 20.7 Å². The first-order chi connectivity index (χ1) is 30.8. The molecule has 11 heteroatoms. The van der Waals surface area contributed by atoms with E-state index in [1.165, 1.54) is 0 Å². The van der Waals surface area contributed by atoms with Crippen molar-refractivity contribution in [1.29, 1.82) is 0 Å². The Morgan fingerprint density at radius 2 is 1.33 bits per heavy atom. The Bertz CT molecular complexity index is 2250. The van der Waals surface area contributed by atoms with Crippen LogP contribution >= 0.6 is 0 Å². The van der Waals surface area contributed by atoms with Crippen molar-refractivity contribution < 1.29 is 38.5 Å². The van der Waals surface area contributed by atoms with Crippen molar-refractivity contribution in [3.63, 3.8) is 0 Å². The van der Waals surface area contributed by atoms with Gasteiger partial charge >= 0.3 is 12.1 Å². The minimum atomic E-state index is -1.05. The Hall–Kier alpha value is -6.98. The van der Waals surface area contributed by atoms with Gasteiger partial charge < -0.3 is 35.3 Å². The summed E-state index contributed by atoms with van der Waals surface area (Å²) in [5.41, 5.74) is 6.95. The predicted octanol–water partition coefficient (Wildman–Crippen LogP) is 8.14. The fourth-order valence-corrected chi connectivity index (χ4v) is 7.68. The molecule has 3 amide bonds. The summed E-state index contributed by atoms with van der Waals surface area (Å²) in [4.78, 5) is 54.0. The first-order valence-electron chi connectivity index (χ1n) is 21.3. The van der Waals surface area contributed by atoms with Crippen molar-refractivity contribution in [2.24, 2.45) is 5.92 Å². The van der Waals surface area contributed by atoms with Gasteiger partial charge in [-0.2, -0.15) is 0 Å².